The lowest BCUT2D eigenvalue weighted by Gasteiger charge is -2.29. The summed E-state index contributed by atoms with van der Waals surface area (Å²) < 4.78 is 17.3. The highest BCUT2D eigenvalue weighted by Gasteiger charge is 2.58. The molecule has 2 heterocycles. The molecule has 2 aliphatic heterocycles. The molecule has 0 aromatic carbocycles. The molecule has 0 aromatic heterocycles. The molecule has 4 unspecified atom stereocenters. The molecule has 2 aliphatic rings. The number of hydrogen-bond acceptors (Lipinski definition) is 3. The summed E-state index contributed by atoms with van der Waals surface area (Å²) in [5.74, 6) is 2.36. The Bertz CT molecular complexity index is 304. The van der Waals surface area contributed by atoms with Crippen LogP contribution in [-0.2, 0) is 14.2 Å². The van der Waals surface area contributed by atoms with Gasteiger partial charge in [-0.25, -0.2) is 0 Å². The van der Waals surface area contributed by atoms with Gasteiger partial charge in [-0.3, -0.25) is 0 Å². The second-order valence-corrected chi connectivity index (χ2v) is 4.76. The third kappa shape index (κ3) is 1.48. The number of terminal acetylenes is 1. The molecule has 2 fully saturated rings. The van der Waals surface area contributed by atoms with Crippen molar-refractivity contribution in [1.29, 1.82) is 0 Å². The second kappa shape index (κ2) is 3.21. The van der Waals surface area contributed by atoms with E-state index in [4.69, 9.17) is 20.6 Å². The van der Waals surface area contributed by atoms with Gasteiger partial charge in [0.15, 0.2) is 12.1 Å². The van der Waals surface area contributed by atoms with Gasteiger partial charge < -0.3 is 14.2 Å². The molecular weight excluding hydrogens is 192 g/mol. The lowest BCUT2D eigenvalue weighted by Crippen LogP contribution is -2.37. The van der Waals surface area contributed by atoms with E-state index in [2.05, 4.69) is 12.8 Å². The maximum atomic E-state index is 5.84. The Balaban J connectivity index is 2.22. The highest BCUT2D eigenvalue weighted by Crippen LogP contribution is 2.46. The van der Waals surface area contributed by atoms with Crippen molar-refractivity contribution in [2.24, 2.45) is 5.92 Å². The Kier molecular flexibility index (Phi) is 2.34. The molecule has 0 amide bonds. The molecule has 3 nitrogen and oxygen atoms in total. The lowest BCUT2D eigenvalue weighted by molar-refractivity contribution is -0.221. The molecule has 2 saturated heterocycles. The van der Waals surface area contributed by atoms with Crippen LogP contribution in [-0.4, -0.2) is 23.8 Å². The first-order valence-corrected chi connectivity index (χ1v) is 5.45. The van der Waals surface area contributed by atoms with E-state index in [-0.39, 0.29) is 18.3 Å². The van der Waals surface area contributed by atoms with Crippen LogP contribution in [0.4, 0.5) is 0 Å². The van der Waals surface area contributed by atoms with Gasteiger partial charge in [0.2, 0.25) is 0 Å². The van der Waals surface area contributed by atoms with Crippen LogP contribution in [0.2, 0.25) is 0 Å². The van der Waals surface area contributed by atoms with Gasteiger partial charge >= 0.3 is 0 Å². The van der Waals surface area contributed by atoms with Crippen molar-refractivity contribution in [3.63, 3.8) is 0 Å². The fourth-order valence-electron chi connectivity index (χ4n) is 2.44. The van der Waals surface area contributed by atoms with E-state index in [9.17, 15) is 0 Å². The van der Waals surface area contributed by atoms with E-state index in [1.54, 1.807) is 0 Å². The highest BCUT2D eigenvalue weighted by molar-refractivity contribution is 5.16. The predicted octanol–water partition coefficient (Wildman–Crippen LogP) is 1.91. The molecule has 0 aliphatic carbocycles. The molecule has 0 spiro atoms. The molecule has 0 radical (unpaired) electrons. The van der Waals surface area contributed by atoms with E-state index < -0.39 is 11.4 Å². The minimum atomic E-state index is -0.557. The average Bonchev–Trinajstić information content (AvgIpc) is 2.59. The van der Waals surface area contributed by atoms with Crippen LogP contribution in [0.15, 0.2) is 0 Å². The largest absolute Gasteiger partial charge is 0.341 e. The molecule has 3 heteroatoms. The van der Waals surface area contributed by atoms with Gasteiger partial charge in [-0.2, -0.15) is 0 Å². The first-order valence-electron chi connectivity index (χ1n) is 5.45. The van der Waals surface area contributed by atoms with Crippen LogP contribution in [0.3, 0.4) is 0 Å². The molecule has 0 bridgehead atoms. The molecule has 0 saturated carbocycles. The maximum Gasteiger partial charge on any atom is 0.189 e. The van der Waals surface area contributed by atoms with Gasteiger partial charge in [0.05, 0.1) is 0 Å². The maximum absolute atomic E-state index is 5.84. The monoisotopic (exact) mass is 210 g/mol. The zero-order chi connectivity index (χ0) is 11.3. The van der Waals surface area contributed by atoms with Crippen LogP contribution >= 0.6 is 0 Å². The molecule has 2 rings (SSSR count). The summed E-state index contributed by atoms with van der Waals surface area (Å²) in [6, 6.07) is 0. The van der Waals surface area contributed by atoms with E-state index in [1.165, 1.54) is 0 Å². The Morgan fingerprint density at radius 3 is 2.40 bits per heavy atom. The number of fused-ring (bicyclic) bond motifs is 1. The SMILES string of the molecule is C#CC1(CC)OC2OC(C)(C)OC2C1C. The third-order valence-corrected chi connectivity index (χ3v) is 3.41. The van der Waals surface area contributed by atoms with Crippen LogP contribution < -0.4 is 0 Å². The topological polar surface area (TPSA) is 27.7 Å². The van der Waals surface area contributed by atoms with Crippen molar-refractivity contribution in [2.75, 3.05) is 0 Å². The van der Waals surface area contributed by atoms with E-state index in [0.717, 1.165) is 6.42 Å². The predicted molar refractivity (Wildman–Crippen MR) is 55.9 cm³/mol. The van der Waals surface area contributed by atoms with Gasteiger partial charge in [-0.15, -0.1) is 6.42 Å². The standard InChI is InChI=1S/C12H18O3/c1-6-12(7-2)8(3)9-10(15-12)14-11(4,5)13-9/h1,8-10H,7H2,2-5H3. The lowest BCUT2D eigenvalue weighted by atomic mass is 9.86. The summed E-state index contributed by atoms with van der Waals surface area (Å²) in [5, 5.41) is 0. The molecule has 84 valence electrons. The van der Waals surface area contributed by atoms with Gasteiger partial charge in [0.1, 0.15) is 11.7 Å². The quantitative estimate of drug-likeness (QED) is 0.619. The zero-order valence-electron chi connectivity index (χ0n) is 9.74. The smallest absolute Gasteiger partial charge is 0.189 e. The van der Waals surface area contributed by atoms with Gasteiger partial charge in [-0.1, -0.05) is 19.8 Å². The Morgan fingerprint density at radius 2 is 1.93 bits per heavy atom. The first kappa shape index (κ1) is 10.9. The number of hydrogen-bond donors (Lipinski definition) is 0. The Hall–Kier alpha value is -0.560. The molecule has 15 heavy (non-hydrogen) atoms. The van der Waals surface area contributed by atoms with Crippen LogP contribution in [0.25, 0.3) is 0 Å². The van der Waals surface area contributed by atoms with Gasteiger partial charge in [-0.05, 0) is 20.3 Å². The van der Waals surface area contributed by atoms with Gasteiger partial charge in [0, 0.05) is 5.92 Å². The van der Waals surface area contributed by atoms with E-state index >= 15 is 0 Å². The summed E-state index contributed by atoms with van der Waals surface area (Å²) in [7, 11) is 0. The van der Waals surface area contributed by atoms with Crippen molar-refractivity contribution in [3.8, 4) is 12.3 Å². The van der Waals surface area contributed by atoms with E-state index in [1.807, 2.05) is 20.8 Å². The summed E-state index contributed by atoms with van der Waals surface area (Å²) >= 11 is 0. The summed E-state index contributed by atoms with van der Waals surface area (Å²) in [6.07, 6.45) is 5.98. The Morgan fingerprint density at radius 1 is 1.27 bits per heavy atom. The Labute approximate surface area is 91.1 Å². The first-order chi connectivity index (χ1) is 6.94. The molecule has 0 N–H and O–H groups in total. The average molecular weight is 210 g/mol. The van der Waals surface area contributed by atoms with Crippen molar-refractivity contribution in [3.05, 3.63) is 0 Å². The van der Waals surface area contributed by atoms with Crippen molar-refractivity contribution >= 4 is 0 Å². The van der Waals surface area contributed by atoms with Crippen LogP contribution in [0.5, 0.6) is 0 Å². The number of ether oxygens (including phenoxy) is 3. The molecule has 4 atom stereocenters. The third-order valence-electron chi connectivity index (χ3n) is 3.41. The summed E-state index contributed by atoms with van der Waals surface area (Å²) in [4.78, 5) is 0. The summed E-state index contributed by atoms with van der Waals surface area (Å²) in [6.45, 7) is 7.89. The number of rotatable bonds is 1. The van der Waals surface area contributed by atoms with Crippen molar-refractivity contribution in [1.82, 2.24) is 0 Å². The minimum Gasteiger partial charge on any atom is -0.341 e. The molecule has 0 aromatic rings. The van der Waals surface area contributed by atoms with E-state index in [0.29, 0.717) is 0 Å². The van der Waals surface area contributed by atoms with Crippen LogP contribution in [0, 0.1) is 18.3 Å². The fraction of sp³-hybridized carbons (Fsp3) is 0.833. The summed E-state index contributed by atoms with van der Waals surface area (Å²) in [5.41, 5.74) is -0.522. The highest BCUT2D eigenvalue weighted by atomic mass is 16.8. The van der Waals surface area contributed by atoms with Crippen molar-refractivity contribution in [2.45, 2.75) is 57.9 Å². The van der Waals surface area contributed by atoms with Gasteiger partial charge in [0.25, 0.3) is 0 Å². The van der Waals surface area contributed by atoms with Crippen molar-refractivity contribution < 1.29 is 14.2 Å². The minimum absolute atomic E-state index is 0.0454. The molecular formula is C12H18O3. The second-order valence-electron chi connectivity index (χ2n) is 4.76. The normalized spacial score (nSPS) is 47.5. The van der Waals surface area contributed by atoms with Crippen LogP contribution in [0.1, 0.15) is 34.1 Å². The fourth-order valence-corrected chi connectivity index (χ4v) is 2.44. The zero-order valence-corrected chi connectivity index (χ0v) is 9.74.